The molecule has 1 aliphatic heterocycles. The molecule has 0 bridgehead atoms. The Morgan fingerprint density at radius 3 is 2.59 bits per heavy atom. The largest absolute Gasteiger partial charge is 0.379 e. The summed E-state index contributed by atoms with van der Waals surface area (Å²) in [5, 5.41) is 14.2. The van der Waals surface area contributed by atoms with Gasteiger partial charge in [-0.05, 0) is 25.0 Å². The van der Waals surface area contributed by atoms with Gasteiger partial charge in [0.2, 0.25) is 5.91 Å². The topological polar surface area (TPSA) is 79.4 Å². The summed E-state index contributed by atoms with van der Waals surface area (Å²) in [5.74, 6) is 1.48. The first-order valence-corrected chi connectivity index (χ1v) is 8.00. The van der Waals surface area contributed by atoms with Gasteiger partial charge in [0.1, 0.15) is 5.82 Å². The number of nitrogens with one attached hydrogen (secondary N) is 2. The quantitative estimate of drug-likeness (QED) is 0.815. The minimum Gasteiger partial charge on any atom is -0.379 e. The smallest absolute Gasteiger partial charge is 0.228 e. The minimum absolute atomic E-state index is 0.0635. The van der Waals surface area contributed by atoms with E-state index in [1.165, 1.54) is 0 Å². The number of anilines is 2. The maximum absolute atomic E-state index is 11.8. The van der Waals surface area contributed by atoms with E-state index in [1.807, 2.05) is 6.07 Å². The van der Waals surface area contributed by atoms with Gasteiger partial charge in [-0.15, -0.1) is 10.2 Å². The number of ether oxygens (including phenoxy) is 1. The van der Waals surface area contributed by atoms with Gasteiger partial charge >= 0.3 is 0 Å². The highest BCUT2D eigenvalue weighted by Gasteiger charge is 2.25. The molecular formula is C15H23N5O2. The normalized spacial score (nSPS) is 19.5. The van der Waals surface area contributed by atoms with Crippen molar-refractivity contribution in [1.29, 1.82) is 0 Å². The number of amides is 1. The zero-order chi connectivity index (χ0) is 15.2. The van der Waals surface area contributed by atoms with Crippen LogP contribution >= 0.6 is 0 Å². The molecule has 7 heteroatoms. The lowest BCUT2D eigenvalue weighted by molar-refractivity contribution is -0.122. The van der Waals surface area contributed by atoms with E-state index < -0.39 is 0 Å². The van der Waals surface area contributed by atoms with Crippen molar-refractivity contribution in [2.45, 2.75) is 19.3 Å². The van der Waals surface area contributed by atoms with Gasteiger partial charge in [-0.1, -0.05) is 6.42 Å². The predicted octanol–water partition coefficient (Wildman–Crippen LogP) is 0.959. The van der Waals surface area contributed by atoms with E-state index in [0.29, 0.717) is 5.82 Å². The molecule has 0 aromatic carbocycles. The molecule has 2 N–H and O–H groups in total. The fourth-order valence-corrected chi connectivity index (χ4v) is 2.56. The average Bonchev–Trinajstić information content (AvgIpc) is 2.48. The molecule has 0 spiro atoms. The van der Waals surface area contributed by atoms with Crippen LogP contribution in [-0.2, 0) is 9.53 Å². The van der Waals surface area contributed by atoms with Crippen LogP contribution in [0, 0.1) is 5.92 Å². The third-order valence-electron chi connectivity index (χ3n) is 4.23. The summed E-state index contributed by atoms with van der Waals surface area (Å²) in [6.45, 7) is 5.39. The number of rotatable bonds is 6. The third-order valence-corrected chi connectivity index (χ3v) is 4.23. The zero-order valence-corrected chi connectivity index (χ0v) is 12.8. The fraction of sp³-hybridized carbons (Fsp3) is 0.667. The van der Waals surface area contributed by atoms with Crippen LogP contribution in [0.3, 0.4) is 0 Å². The lowest BCUT2D eigenvalue weighted by atomic mass is 9.85. The van der Waals surface area contributed by atoms with E-state index in [9.17, 15) is 4.79 Å². The first-order valence-electron chi connectivity index (χ1n) is 8.00. The van der Waals surface area contributed by atoms with Gasteiger partial charge in [-0.3, -0.25) is 9.69 Å². The van der Waals surface area contributed by atoms with Crippen LogP contribution in [-0.4, -0.2) is 60.4 Å². The van der Waals surface area contributed by atoms with Crippen LogP contribution < -0.4 is 10.6 Å². The lowest BCUT2D eigenvalue weighted by Gasteiger charge is -2.26. The summed E-state index contributed by atoms with van der Waals surface area (Å²) in [7, 11) is 0. The molecule has 3 rings (SSSR count). The molecule has 2 aliphatic rings. The van der Waals surface area contributed by atoms with Crippen LogP contribution in [0.1, 0.15) is 19.3 Å². The Labute approximate surface area is 130 Å². The fourth-order valence-electron chi connectivity index (χ4n) is 2.56. The Balaban J connectivity index is 1.39. The van der Waals surface area contributed by atoms with Crippen molar-refractivity contribution < 1.29 is 9.53 Å². The second kappa shape index (κ2) is 7.51. The summed E-state index contributed by atoms with van der Waals surface area (Å²) >= 11 is 0. The number of carbonyl (C=O) groups is 1. The van der Waals surface area contributed by atoms with Crippen molar-refractivity contribution in [2.75, 3.05) is 50.0 Å². The summed E-state index contributed by atoms with van der Waals surface area (Å²) in [5.41, 5.74) is 0. The number of hydrogen-bond donors (Lipinski definition) is 2. The zero-order valence-electron chi connectivity index (χ0n) is 12.8. The summed E-state index contributed by atoms with van der Waals surface area (Å²) in [4.78, 5) is 14.2. The highest BCUT2D eigenvalue weighted by molar-refractivity contribution is 5.92. The predicted molar refractivity (Wildman–Crippen MR) is 83.8 cm³/mol. The molecule has 120 valence electrons. The van der Waals surface area contributed by atoms with Gasteiger partial charge in [0.05, 0.1) is 13.2 Å². The molecule has 1 aliphatic carbocycles. The Kier molecular flexibility index (Phi) is 5.18. The van der Waals surface area contributed by atoms with Gasteiger partial charge in [0.15, 0.2) is 5.82 Å². The van der Waals surface area contributed by atoms with Crippen LogP contribution in [0.5, 0.6) is 0 Å². The Hall–Kier alpha value is -1.73. The second-order valence-electron chi connectivity index (χ2n) is 5.80. The first-order chi connectivity index (χ1) is 10.8. The number of nitrogens with zero attached hydrogens (tertiary/aromatic N) is 3. The molecule has 22 heavy (non-hydrogen) atoms. The standard InChI is InChI=1S/C15H23N5O2/c21-15(12-2-1-3-12)17-14-5-4-13(18-19-14)16-6-7-20-8-10-22-11-9-20/h4-5,12H,1-3,6-11H2,(H,16,18)(H,17,19,21). The molecule has 1 aromatic rings. The SMILES string of the molecule is O=C(Nc1ccc(NCCN2CCOCC2)nn1)C1CCC1. The van der Waals surface area contributed by atoms with Crippen LogP contribution in [0.15, 0.2) is 12.1 Å². The highest BCUT2D eigenvalue weighted by atomic mass is 16.5. The highest BCUT2D eigenvalue weighted by Crippen LogP contribution is 2.27. The van der Waals surface area contributed by atoms with Crippen molar-refractivity contribution in [3.05, 3.63) is 12.1 Å². The lowest BCUT2D eigenvalue weighted by Crippen LogP contribution is -2.39. The minimum atomic E-state index is 0.0635. The van der Waals surface area contributed by atoms with Crippen LogP contribution in [0.2, 0.25) is 0 Å². The molecule has 7 nitrogen and oxygen atoms in total. The van der Waals surface area contributed by atoms with Crippen molar-refractivity contribution >= 4 is 17.5 Å². The number of aromatic nitrogens is 2. The molecule has 2 fully saturated rings. The Bertz CT molecular complexity index is 483. The molecule has 0 atom stereocenters. The summed E-state index contributed by atoms with van der Waals surface area (Å²) in [6.07, 6.45) is 3.12. The molecular weight excluding hydrogens is 282 g/mol. The van der Waals surface area contributed by atoms with Gasteiger partial charge in [-0.2, -0.15) is 0 Å². The van der Waals surface area contributed by atoms with E-state index in [2.05, 4.69) is 25.7 Å². The molecule has 0 unspecified atom stereocenters. The molecule has 1 saturated heterocycles. The van der Waals surface area contributed by atoms with E-state index in [-0.39, 0.29) is 11.8 Å². The molecule has 1 aromatic heterocycles. The Morgan fingerprint density at radius 1 is 1.23 bits per heavy atom. The van der Waals surface area contributed by atoms with Crippen molar-refractivity contribution in [1.82, 2.24) is 15.1 Å². The van der Waals surface area contributed by atoms with Gasteiger partial charge < -0.3 is 15.4 Å². The maximum atomic E-state index is 11.8. The number of hydrogen-bond acceptors (Lipinski definition) is 6. The monoisotopic (exact) mass is 305 g/mol. The Morgan fingerprint density at radius 2 is 1.95 bits per heavy atom. The number of carbonyl (C=O) groups excluding carboxylic acids is 1. The first kappa shape index (κ1) is 15.2. The molecule has 2 heterocycles. The van der Waals surface area contributed by atoms with Crippen molar-refractivity contribution in [3.63, 3.8) is 0 Å². The van der Waals surface area contributed by atoms with Crippen LogP contribution in [0.25, 0.3) is 0 Å². The summed E-state index contributed by atoms with van der Waals surface area (Å²) < 4.78 is 5.32. The third kappa shape index (κ3) is 4.14. The maximum Gasteiger partial charge on any atom is 0.228 e. The summed E-state index contributed by atoms with van der Waals surface area (Å²) in [6, 6.07) is 3.64. The van der Waals surface area contributed by atoms with E-state index in [4.69, 9.17) is 4.74 Å². The van der Waals surface area contributed by atoms with Gasteiger partial charge in [0, 0.05) is 32.1 Å². The van der Waals surface area contributed by atoms with E-state index in [1.54, 1.807) is 6.07 Å². The number of morpholine rings is 1. The van der Waals surface area contributed by atoms with Crippen molar-refractivity contribution in [3.8, 4) is 0 Å². The van der Waals surface area contributed by atoms with Gasteiger partial charge in [0.25, 0.3) is 0 Å². The van der Waals surface area contributed by atoms with Gasteiger partial charge in [-0.25, -0.2) is 0 Å². The molecule has 1 saturated carbocycles. The van der Waals surface area contributed by atoms with Crippen LogP contribution in [0.4, 0.5) is 11.6 Å². The van der Waals surface area contributed by atoms with Crippen molar-refractivity contribution in [2.24, 2.45) is 5.92 Å². The van der Waals surface area contributed by atoms with E-state index >= 15 is 0 Å². The molecule has 0 radical (unpaired) electrons. The molecule has 1 amide bonds. The average molecular weight is 305 g/mol. The van der Waals surface area contributed by atoms with E-state index in [0.717, 1.165) is 64.5 Å². The second-order valence-corrected chi connectivity index (χ2v) is 5.80.